The summed E-state index contributed by atoms with van der Waals surface area (Å²) in [6, 6.07) is 8.97. The lowest BCUT2D eigenvalue weighted by atomic mass is 10.2. The molecule has 0 aliphatic rings. The van der Waals surface area contributed by atoms with E-state index in [9.17, 15) is 9.90 Å². The fourth-order valence-corrected chi connectivity index (χ4v) is 4.89. The molecule has 0 aliphatic heterocycles. The van der Waals surface area contributed by atoms with Crippen LogP contribution >= 0.6 is 11.3 Å². The van der Waals surface area contributed by atoms with Crippen molar-refractivity contribution < 1.29 is 9.84 Å². The second kappa shape index (κ2) is 8.87. The van der Waals surface area contributed by atoms with E-state index in [1.165, 1.54) is 11.3 Å². The number of fused-ring (bicyclic) bond motifs is 2. The summed E-state index contributed by atoms with van der Waals surface area (Å²) in [6.45, 7) is 3.60. The number of para-hydroxylation sites is 2. The Bertz CT molecular complexity index is 1700. The van der Waals surface area contributed by atoms with Gasteiger partial charge >= 0.3 is 0 Å². The highest BCUT2D eigenvalue weighted by atomic mass is 32.1. The van der Waals surface area contributed by atoms with Gasteiger partial charge in [0.1, 0.15) is 34.7 Å². The quantitative estimate of drug-likeness (QED) is 0.375. The summed E-state index contributed by atoms with van der Waals surface area (Å²) in [5.74, 6) is 6.59. The van der Waals surface area contributed by atoms with Gasteiger partial charge < -0.3 is 15.6 Å². The molecular formula is C25H22N6O3S. The molecule has 0 saturated carbocycles. The Morgan fingerprint density at radius 2 is 2.06 bits per heavy atom. The van der Waals surface area contributed by atoms with E-state index in [-0.39, 0.29) is 12.1 Å². The zero-order chi connectivity index (χ0) is 24.7. The molecule has 176 valence electrons. The number of benzene rings is 1. The van der Waals surface area contributed by atoms with Crippen molar-refractivity contribution in [2.24, 2.45) is 0 Å². The van der Waals surface area contributed by atoms with Crippen LogP contribution < -0.4 is 16.0 Å². The van der Waals surface area contributed by atoms with Crippen LogP contribution in [-0.4, -0.2) is 42.6 Å². The molecule has 3 N–H and O–H groups in total. The maximum atomic E-state index is 13.7. The smallest absolute Gasteiger partial charge is 0.267 e. The first-order valence-electron chi connectivity index (χ1n) is 10.8. The van der Waals surface area contributed by atoms with Gasteiger partial charge in [-0.3, -0.25) is 9.36 Å². The van der Waals surface area contributed by atoms with E-state index in [0.29, 0.717) is 49.9 Å². The Labute approximate surface area is 204 Å². The minimum absolute atomic E-state index is 0.128. The molecule has 1 atom stereocenters. The molecule has 0 amide bonds. The number of thiophene rings is 1. The number of ether oxygens (including phenoxy) is 1. The molecule has 10 heteroatoms. The summed E-state index contributed by atoms with van der Waals surface area (Å²) < 4.78 is 8.73. The Morgan fingerprint density at radius 1 is 1.26 bits per heavy atom. The van der Waals surface area contributed by atoms with Crippen LogP contribution in [0.1, 0.15) is 24.0 Å². The fraction of sp³-hybridized carbons (Fsp3) is 0.200. The third-order valence-corrected chi connectivity index (χ3v) is 6.53. The third-order valence-electron chi connectivity index (χ3n) is 5.54. The van der Waals surface area contributed by atoms with Gasteiger partial charge in [0.2, 0.25) is 0 Å². The molecule has 0 unspecified atom stereocenters. The summed E-state index contributed by atoms with van der Waals surface area (Å²) in [7, 11) is 1.56. The topological polar surface area (TPSA) is 121 Å². The second-order valence-electron chi connectivity index (χ2n) is 7.99. The van der Waals surface area contributed by atoms with Gasteiger partial charge in [-0.05, 0) is 48.9 Å². The van der Waals surface area contributed by atoms with Crippen molar-refractivity contribution in [1.29, 1.82) is 0 Å². The first kappa shape index (κ1) is 22.6. The molecule has 5 aromatic rings. The van der Waals surface area contributed by atoms with E-state index in [2.05, 4.69) is 21.9 Å². The number of pyridine rings is 1. The highest BCUT2D eigenvalue weighted by Gasteiger charge is 2.21. The molecule has 5 rings (SSSR count). The van der Waals surface area contributed by atoms with Gasteiger partial charge in [-0.15, -0.1) is 11.3 Å². The van der Waals surface area contributed by atoms with Crippen molar-refractivity contribution in [3.8, 4) is 23.3 Å². The number of hydrogen-bond acceptors (Lipinski definition) is 8. The molecule has 0 bridgehead atoms. The van der Waals surface area contributed by atoms with Crippen LogP contribution in [0.3, 0.4) is 0 Å². The van der Waals surface area contributed by atoms with Crippen molar-refractivity contribution in [1.82, 2.24) is 24.3 Å². The van der Waals surface area contributed by atoms with Gasteiger partial charge in [0.05, 0.1) is 23.6 Å². The molecular weight excluding hydrogens is 464 g/mol. The fourth-order valence-electron chi connectivity index (χ4n) is 3.96. The van der Waals surface area contributed by atoms with E-state index in [4.69, 9.17) is 15.5 Å². The standard InChI is InChI=1S/C25H22N6O3S/c1-14-13-35-24-21(14)25(33)31(18-6-4-5-7-19(18)34-3)20(28-24)12-30-23-22(16(26)10-11-27-23)17(29-30)9-8-15(2)32/h4-7,10-11,13,15,32H,12H2,1-3H3,(H2,26,27)/t15-/m1/s1. The first-order valence-corrected chi connectivity index (χ1v) is 11.7. The molecule has 9 nitrogen and oxygen atoms in total. The van der Waals surface area contributed by atoms with E-state index in [1.807, 2.05) is 30.5 Å². The Kier molecular flexibility index (Phi) is 5.72. The minimum atomic E-state index is -0.824. The lowest BCUT2D eigenvalue weighted by Crippen LogP contribution is -2.26. The summed E-state index contributed by atoms with van der Waals surface area (Å²) in [6.07, 6.45) is 0.767. The van der Waals surface area contributed by atoms with E-state index in [0.717, 1.165) is 5.56 Å². The molecule has 4 heterocycles. The maximum absolute atomic E-state index is 13.7. The number of aliphatic hydroxyl groups excluding tert-OH is 1. The number of nitrogens with zero attached hydrogens (tertiary/aromatic N) is 5. The number of hydrogen-bond donors (Lipinski definition) is 2. The number of anilines is 1. The number of aryl methyl sites for hydroxylation is 1. The number of nitrogen functional groups attached to an aromatic ring is 1. The van der Waals surface area contributed by atoms with Crippen LogP contribution in [0.25, 0.3) is 26.9 Å². The van der Waals surface area contributed by atoms with Gasteiger partial charge in [0.25, 0.3) is 5.56 Å². The van der Waals surface area contributed by atoms with Crippen molar-refractivity contribution in [2.45, 2.75) is 26.5 Å². The van der Waals surface area contributed by atoms with E-state index < -0.39 is 6.10 Å². The molecule has 0 radical (unpaired) electrons. The molecule has 0 saturated heterocycles. The van der Waals surface area contributed by atoms with E-state index in [1.54, 1.807) is 41.6 Å². The Hall–Kier alpha value is -4.20. The van der Waals surface area contributed by atoms with Gasteiger partial charge in [0, 0.05) is 11.9 Å². The predicted molar refractivity (Wildman–Crippen MR) is 136 cm³/mol. The summed E-state index contributed by atoms with van der Waals surface area (Å²) in [5, 5.41) is 17.3. The zero-order valence-electron chi connectivity index (χ0n) is 19.3. The lowest BCUT2D eigenvalue weighted by molar-refractivity contribution is 0.253. The number of nitrogens with two attached hydrogens (primary N) is 1. The molecule has 0 spiro atoms. The summed E-state index contributed by atoms with van der Waals surface area (Å²) in [5.41, 5.74) is 8.84. The predicted octanol–water partition coefficient (Wildman–Crippen LogP) is 2.87. The van der Waals surface area contributed by atoms with Gasteiger partial charge in [-0.1, -0.05) is 18.1 Å². The number of methoxy groups -OCH3 is 1. The second-order valence-corrected chi connectivity index (χ2v) is 8.85. The van der Waals surface area contributed by atoms with Crippen molar-refractivity contribution in [2.75, 3.05) is 12.8 Å². The lowest BCUT2D eigenvalue weighted by Gasteiger charge is -2.15. The van der Waals surface area contributed by atoms with Crippen LogP contribution in [0.4, 0.5) is 5.69 Å². The van der Waals surface area contributed by atoms with Gasteiger partial charge in [-0.2, -0.15) is 5.10 Å². The van der Waals surface area contributed by atoms with Gasteiger partial charge in [-0.25, -0.2) is 14.6 Å². The monoisotopic (exact) mass is 486 g/mol. The minimum Gasteiger partial charge on any atom is -0.495 e. The largest absolute Gasteiger partial charge is 0.495 e. The first-order chi connectivity index (χ1) is 16.9. The van der Waals surface area contributed by atoms with Gasteiger partial charge in [0.15, 0.2) is 5.65 Å². The molecule has 0 fully saturated rings. The highest BCUT2D eigenvalue weighted by Crippen LogP contribution is 2.28. The van der Waals surface area contributed by atoms with Crippen molar-refractivity contribution >= 4 is 38.3 Å². The van der Waals surface area contributed by atoms with Crippen LogP contribution in [0, 0.1) is 18.8 Å². The molecule has 35 heavy (non-hydrogen) atoms. The summed E-state index contributed by atoms with van der Waals surface area (Å²) >= 11 is 1.42. The number of rotatable bonds is 4. The highest BCUT2D eigenvalue weighted by molar-refractivity contribution is 7.16. The Balaban J connectivity index is 1.77. The maximum Gasteiger partial charge on any atom is 0.267 e. The summed E-state index contributed by atoms with van der Waals surface area (Å²) in [4.78, 5) is 23.7. The molecule has 1 aromatic carbocycles. The van der Waals surface area contributed by atoms with Crippen LogP contribution in [-0.2, 0) is 6.54 Å². The number of aliphatic hydroxyl groups is 1. The van der Waals surface area contributed by atoms with Crippen LogP contribution in [0.15, 0.2) is 46.7 Å². The Morgan fingerprint density at radius 3 is 2.83 bits per heavy atom. The van der Waals surface area contributed by atoms with Crippen LogP contribution in [0.2, 0.25) is 0 Å². The van der Waals surface area contributed by atoms with E-state index >= 15 is 0 Å². The third kappa shape index (κ3) is 3.90. The SMILES string of the molecule is COc1ccccc1-n1c(Cn2nc(C#C[C@@H](C)O)c3c(N)ccnc32)nc2scc(C)c2c1=O. The average molecular weight is 487 g/mol. The van der Waals surface area contributed by atoms with Crippen molar-refractivity contribution in [3.63, 3.8) is 0 Å². The van der Waals surface area contributed by atoms with Crippen molar-refractivity contribution in [3.05, 3.63) is 69.3 Å². The average Bonchev–Trinajstić information content (AvgIpc) is 3.39. The normalized spacial score (nSPS) is 12.0. The zero-order valence-corrected chi connectivity index (χ0v) is 20.1. The molecule has 4 aromatic heterocycles. The molecule has 0 aliphatic carbocycles. The van der Waals surface area contributed by atoms with Crippen LogP contribution in [0.5, 0.6) is 5.75 Å². The number of aromatic nitrogens is 5.